The maximum Gasteiger partial charge on any atom is 0.140 e. The zero-order valence-corrected chi connectivity index (χ0v) is 24.8. The fraction of sp³-hybridized carbons (Fsp3) is 0.432. The van der Waals surface area contributed by atoms with E-state index in [0.717, 1.165) is 56.6 Å². The van der Waals surface area contributed by atoms with E-state index in [1.54, 1.807) is 0 Å². The molecule has 41 heavy (non-hydrogen) atoms. The second kappa shape index (κ2) is 13.5. The molecule has 1 aliphatic heterocycles. The molecule has 1 N–H and O–H groups in total. The largest absolute Gasteiger partial charge is 0.385 e. The molecule has 4 heteroatoms. The van der Waals surface area contributed by atoms with Crippen LogP contribution in [0, 0.1) is 5.92 Å². The SMILES string of the molecule is CCCCn1c(-c2ccccc2)nc(-c2ccccc2)c1CN(Cc1ccc2c(c1)CCCN2)CC1CCCCC1. The second-order valence-corrected chi connectivity index (χ2v) is 12.2. The predicted octanol–water partition coefficient (Wildman–Crippen LogP) is 8.96. The number of anilines is 1. The molecule has 0 saturated heterocycles. The van der Waals surface area contributed by atoms with E-state index in [1.807, 2.05) is 0 Å². The number of aryl methyl sites for hydroxylation is 1. The molecule has 1 aliphatic carbocycles. The van der Waals surface area contributed by atoms with Gasteiger partial charge in [0.1, 0.15) is 5.82 Å². The van der Waals surface area contributed by atoms with Crippen LogP contribution in [-0.4, -0.2) is 27.5 Å². The third-order valence-electron chi connectivity index (χ3n) is 9.02. The van der Waals surface area contributed by atoms with Gasteiger partial charge in [-0.1, -0.05) is 105 Å². The van der Waals surface area contributed by atoms with Crippen LogP contribution in [0.4, 0.5) is 5.69 Å². The highest BCUT2D eigenvalue weighted by Crippen LogP contribution is 2.33. The van der Waals surface area contributed by atoms with Crippen LogP contribution in [0.25, 0.3) is 22.6 Å². The molecule has 0 spiro atoms. The molecule has 4 nitrogen and oxygen atoms in total. The van der Waals surface area contributed by atoms with Crippen molar-refractivity contribution in [3.05, 3.63) is 95.7 Å². The normalized spacial score (nSPS) is 15.6. The third kappa shape index (κ3) is 6.76. The van der Waals surface area contributed by atoms with Gasteiger partial charge in [0, 0.05) is 49.5 Å². The minimum atomic E-state index is 0.781. The molecular formula is C37H46N4. The summed E-state index contributed by atoms with van der Waals surface area (Å²) in [5.41, 5.74) is 9.17. The van der Waals surface area contributed by atoms with Crippen molar-refractivity contribution in [2.45, 2.75) is 84.3 Å². The average Bonchev–Trinajstić information content (AvgIpc) is 3.39. The van der Waals surface area contributed by atoms with Crippen LogP contribution in [0.5, 0.6) is 0 Å². The van der Waals surface area contributed by atoms with Gasteiger partial charge in [-0.15, -0.1) is 0 Å². The van der Waals surface area contributed by atoms with Crippen LogP contribution >= 0.6 is 0 Å². The number of hydrogen-bond acceptors (Lipinski definition) is 3. The third-order valence-corrected chi connectivity index (χ3v) is 9.02. The van der Waals surface area contributed by atoms with E-state index in [2.05, 4.69) is 101 Å². The number of rotatable bonds is 11. The Labute approximate surface area is 246 Å². The quantitative estimate of drug-likeness (QED) is 0.204. The van der Waals surface area contributed by atoms with Crippen molar-refractivity contribution in [2.75, 3.05) is 18.4 Å². The van der Waals surface area contributed by atoms with E-state index in [-0.39, 0.29) is 0 Å². The minimum absolute atomic E-state index is 0.781. The molecule has 6 rings (SSSR count). The Morgan fingerprint density at radius 2 is 1.61 bits per heavy atom. The standard InChI is InChI=1S/C37H46N4/c1-2-3-24-41-35(36(31-16-9-5-10-17-31)39-37(41)32-18-11-6-12-19-32)28-40(26-29-14-7-4-8-15-29)27-30-21-22-34-33(25-30)20-13-23-38-34/h5-6,9-12,16-19,21-22,25,29,38H,2-4,7-8,13-15,20,23-24,26-28H2,1H3. The van der Waals surface area contributed by atoms with Crippen LogP contribution in [0.1, 0.15) is 75.1 Å². The van der Waals surface area contributed by atoms with Crippen molar-refractivity contribution >= 4 is 5.69 Å². The van der Waals surface area contributed by atoms with Crippen molar-refractivity contribution in [1.29, 1.82) is 0 Å². The van der Waals surface area contributed by atoms with Gasteiger partial charge in [-0.05, 0) is 55.2 Å². The lowest BCUT2D eigenvalue weighted by atomic mass is 9.88. The molecule has 2 aliphatic rings. The van der Waals surface area contributed by atoms with Gasteiger partial charge in [-0.25, -0.2) is 4.98 Å². The fourth-order valence-electron chi connectivity index (χ4n) is 6.86. The lowest BCUT2D eigenvalue weighted by Crippen LogP contribution is -2.31. The van der Waals surface area contributed by atoms with Gasteiger partial charge in [-0.3, -0.25) is 4.90 Å². The molecule has 0 radical (unpaired) electrons. The summed E-state index contributed by atoms with van der Waals surface area (Å²) < 4.78 is 2.55. The maximum absolute atomic E-state index is 5.40. The van der Waals surface area contributed by atoms with E-state index in [1.165, 1.54) is 85.0 Å². The Morgan fingerprint density at radius 3 is 2.37 bits per heavy atom. The Hall–Kier alpha value is -3.37. The van der Waals surface area contributed by atoms with E-state index in [0.29, 0.717) is 0 Å². The van der Waals surface area contributed by atoms with Gasteiger partial charge in [0.25, 0.3) is 0 Å². The van der Waals surface area contributed by atoms with Crippen LogP contribution in [0.2, 0.25) is 0 Å². The predicted molar refractivity (Wildman–Crippen MR) is 172 cm³/mol. The van der Waals surface area contributed by atoms with Crippen molar-refractivity contribution in [3.63, 3.8) is 0 Å². The Balaban J connectivity index is 1.40. The molecule has 0 atom stereocenters. The maximum atomic E-state index is 5.40. The number of nitrogens with zero attached hydrogens (tertiary/aromatic N) is 3. The van der Waals surface area contributed by atoms with E-state index < -0.39 is 0 Å². The Bertz CT molecular complexity index is 1390. The molecule has 0 amide bonds. The fourth-order valence-corrected chi connectivity index (χ4v) is 6.86. The lowest BCUT2D eigenvalue weighted by Gasteiger charge is -2.31. The van der Waals surface area contributed by atoms with Crippen molar-refractivity contribution in [1.82, 2.24) is 14.5 Å². The average molecular weight is 547 g/mol. The number of imidazole rings is 1. The van der Waals surface area contributed by atoms with Crippen molar-refractivity contribution in [3.8, 4) is 22.6 Å². The Kier molecular flexibility index (Phi) is 9.17. The minimum Gasteiger partial charge on any atom is -0.385 e. The first-order chi connectivity index (χ1) is 20.3. The highest BCUT2D eigenvalue weighted by molar-refractivity contribution is 5.68. The molecule has 2 heterocycles. The number of fused-ring (bicyclic) bond motifs is 1. The molecule has 1 saturated carbocycles. The van der Waals surface area contributed by atoms with Gasteiger partial charge < -0.3 is 9.88 Å². The first-order valence-corrected chi connectivity index (χ1v) is 16.1. The van der Waals surface area contributed by atoms with Gasteiger partial charge in [0.15, 0.2) is 0 Å². The summed E-state index contributed by atoms with van der Waals surface area (Å²) in [5.74, 6) is 1.88. The summed E-state index contributed by atoms with van der Waals surface area (Å²) >= 11 is 0. The molecule has 214 valence electrons. The molecule has 3 aromatic carbocycles. The molecule has 4 aromatic rings. The second-order valence-electron chi connectivity index (χ2n) is 12.2. The summed E-state index contributed by atoms with van der Waals surface area (Å²) in [7, 11) is 0. The summed E-state index contributed by atoms with van der Waals surface area (Å²) in [6.45, 7) is 7.43. The Morgan fingerprint density at radius 1 is 0.854 bits per heavy atom. The number of nitrogens with one attached hydrogen (secondary N) is 1. The summed E-state index contributed by atoms with van der Waals surface area (Å²) in [6, 6.07) is 28.8. The van der Waals surface area contributed by atoms with E-state index >= 15 is 0 Å². The number of benzene rings is 3. The van der Waals surface area contributed by atoms with Crippen LogP contribution in [0.15, 0.2) is 78.9 Å². The van der Waals surface area contributed by atoms with Crippen molar-refractivity contribution in [2.24, 2.45) is 5.92 Å². The highest BCUT2D eigenvalue weighted by Gasteiger charge is 2.24. The molecular weight excluding hydrogens is 500 g/mol. The lowest BCUT2D eigenvalue weighted by molar-refractivity contribution is 0.183. The van der Waals surface area contributed by atoms with E-state index in [9.17, 15) is 0 Å². The number of aromatic nitrogens is 2. The molecule has 1 aromatic heterocycles. The molecule has 1 fully saturated rings. The summed E-state index contributed by atoms with van der Waals surface area (Å²) in [6.07, 6.45) is 11.6. The van der Waals surface area contributed by atoms with Crippen LogP contribution in [0.3, 0.4) is 0 Å². The monoisotopic (exact) mass is 546 g/mol. The smallest absolute Gasteiger partial charge is 0.140 e. The van der Waals surface area contributed by atoms with Gasteiger partial charge in [-0.2, -0.15) is 0 Å². The zero-order valence-electron chi connectivity index (χ0n) is 24.8. The summed E-state index contributed by atoms with van der Waals surface area (Å²) in [5, 5.41) is 3.59. The van der Waals surface area contributed by atoms with Crippen molar-refractivity contribution < 1.29 is 0 Å². The van der Waals surface area contributed by atoms with Crippen LogP contribution in [-0.2, 0) is 26.1 Å². The first kappa shape index (κ1) is 27.8. The van der Waals surface area contributed by atoms with Gasteiger partial charge in [0.05, 0.1) is 11.4 Å². The molecule has 0 bridgehead atoms. The number of unbranched alkanes of at least 4 members (excludes halogenated alkanes) is 1. The molecule has 0 unspecified atom stereocenters. The first-order valence-electron chi connectivity index (χ1n) is 16.1. The van der Waals surface area contributed by atoms with Crippen LogP contribution < -0.4 is 5.32 Å². The van der Waals surface area contributed by atoms with Gasteiger partial charge in [0.2, 0.25) is 0 Å². The van der Waals surface area contributed by atoms with Gasteiger partial charge >= 0.3 is 0 Å². The zero-order chi connectivity index (χ0) is 27.9. The topological polar surface area (TPSA) is 33.1 Å². The summed E-state index contributed by atoms with van der Waals surface area (Å²) in [4.78, 5) is 8.14. The number of hydrogen-bond donors (Lipinski definition) is 1. The van der Waals surface area contributed by atoms with E-state index in [4.69, 9.17) is 4.98 Å². The highest BCUT2D eigenvalue weighted by atomic mass is 15.2.